The number of aryl methyl sites for hydroxylation is 1. The van der Waals surface area contributed by atoms with Crippen molar-refractivity contribution in [2.45, 2.75) is 38.5 Å². The molecule has 4 nitrogen and oxygen atoms in total. The summed E-state index contributed by atoms with van der Waals surface area (Å²) in [5.41, 5.74) is 0.845. The van der Waals surface area contributed by atoms with Crippen molar-refractivity contribution in [2.75, 3.05) is 0 Å². The Balaban J connectivity index is 2.24. The van der Waals surface area contributed by atoms with Crippen LogP contribution in [0.15, 0.2) is 18.3 Å². The fraction of sp³-hybridized carbons (Fsp3) is 0.500. The van der Waals surface area contributed by atoms with E-state index in [-0.39, 0.29) is 36.1 Å². The summed E-state index contributed by atoms with van der Waals surface area (Å²) in [5.74, 6) is -1.97. The minimum absolute atomic E-state index is 0.199. The molecule has 0 N–H and O–H groups in total. The highest BCUT2D eigenvalue weighted by Gasteiger charge is 2.40. The molecular formula is C16H19NO3S. The van der Waals surface area contributed by atoms with Gasteiger partial charge in [0.1, 0.15) is 10.6 Å². The zero-order chi connectivity index (χ0) is 15.6. The van der Waals surface area contributed by atoms with Crippen LogP contribution in [0.25, 0.3) is 0 Å². The van der Waals surface area contributed by atoms with Gasteiger partial charge < -0.3 is 4.57 Å². The lowest BCUT2D eigenvalue weighted by Crippen LogP contribution is -2.38. The molecule has 1 aromatic heterocycles. The van der Waals surface area contributed by atoms with Gasteiger partial charge in [0.15, 0.2) is 17.3 Å². The van der Waals surface area contributed by atoms with Crippen LogP contribution in [-0.4, -0.2) is 21.9 Å². The topological polar surface area (TPSA) is 56.1 Å². The predicted molar refractivity (Wildman–Crippen MR) is 81.6 cm³/mol. The first-order chi connectivity index (χ1) is 9.95. The van der Waals surface area contributed by atoms with E-state index in [0.29, 0.717) is 17.5 Å². The van der Waals surface area contributed by atoms with E-state index in [1.807, 2.05) is 32.3 Å². The standard InChI is InChI=1S/C16H19NO3S/c1-3-5-12(18)15-13(19)8-10(9-14(15)20)11-6-4-7-17(2)16(11)21/h4,6-7,10,15H,3,5,8-9H2,1-2H3. The molecular weight excluding hydrogens is 286 g/mol. The van der Waals surface area contributed by atoms with E-state index < -0.39 is 5.92 Å². The predicted octanol–water partition coefficient (Wildman–Crippen LogP) is 2.76. The van der Waals surface area contributed by atoms with Crippen molar-refractivity contribution in [1.82, 2.24) is 4.57 Å². The molecule has 1 heterocycles. The number of pyridine rings is 1. The van der Waals surface area contributed by atoms with Crippen molar-refractivity contribution < 1.29 is 14.4 Å². The SMILES string of the molecule is CCCC(=O)C1C(=O)CC(c2cccn(C)c2=S)CC1=O. The van der Waals surface area contributed by atoms with Crippen molar-refractivity contribution in [3.63, 3.8) is 0 Å². The molecule has 0 amide bonds. The van der Waals surface area contributed by atoms with Crippen LogP contribution in [0.4, 0.5) is 0 Å². The maximum absolute atomic E-state index is 12.2. The van der Waals surface area contributed by atoms with Gasteiger partial charge in [0.05, 0.1) is 0 Å². The number of hydrogen-bond acceptors (Lipinski definition) is 4. The second-order valence-corrected chi connectivity index (χ2v) is 5.95. The number of nitrogens with zero attached hydrogens (tertiary/aromatic N) is 1. The van der Waals surface area contributed by atoms with E-state index >= 15 is 0 Å². The summed E-state index contributed by atoms with van der Waals surface area (Å²) >= 11 is 5.35. The number of carbonyl (C=O) groups excluding carboxylic acids is 3. The monoisotopic (exact) mass is 305 g/mol. The molecule has 1 aliphatic rings. The second kappa shape index (κ2) is 6.43. The van der Waals surface area contributed by atoms with Crippen molar-refractivity contribution in [2.24, 2.45) is 13.0 Å². The number of hydrogen-bond donors (Lipinski definition) is 0. The van der Waals surface area contributed by atoms with Gasteiger partial charge in [0, 0.05) is 38.4 Å². The summed E-state index contributed by atoms with van der Waals surface area (Å²) < 4.78 is 2.44. The summed E-state index contributed by atoms with van der Waals surface area (Å²) in [6.07, 6.45) is 3.23. The number of ketones is 3. The second-order valence-electron chi connectivity index (χ2n) is 5.57. The lowest BCUT2D eigenvalue weighted by atomic mass is 9.75. The highest BCUT2D eigenvalue weighted by atomic mass is 32.1. The molecule has 0 aliphatic heterocycles. The third kappa shape index (κ3) is 3.18. The van der Waals surface area contributed by atoms with E-state index in [0.717, 1.165) is 5.56 Å². The molecule has 112 valence electrons. The molecule has 0 saturated heterocycles. The lowest BCUT2D eigenvalue weighted by Gasteiger charge is -2.26. The Labute approximate surface area is 129 Å². The minimum Gasteiger partial charge on any atom is -0.342 e. The molecule has 0 atom stereocenters. The van der Waals surface area contributed by atoms with Crippen LogP contribution in [0.2, 0.25) is 0 Å². The van der Waals surface area contributed by atoms with Gasteiger partial charge in [0.2, 0.25) is 0 Å². The number of aromatic nitrogens is 1. The van der Waals surface area contributed by atoms with Crippen LogP contribution in [0, 0.1) is 10.6 Å². The molecule has 0 bridgehead atoms. The van der Waals surface area contributed by atoms with Crippen LogP contribution in [-0.2, 0) is 21.4 Å². The van der Waals surface area contributed by atoms with Gasteiger partial charge in [0.25, 0.3) is 0 Å². The molecule has 1 fully saturated rings. The third-order valence-corrected chi connectivity index (χ3v) is 4.47. The Bertz CT molecular complexity index is 629. The van der Waals surface area contributed by atoms with Gasteiger partial charge in [-0.05, 0) is 18.1 Å². The van der Waals surface area contributed by atoms with Crippen molar-refractivity contribution >= 4 is 29.6 Å². The quantitative estimate of drug-likeness (QED) is 0.634. The fourth-order valence-electron chi connectivity index (χ4n) is 2.87. The first kappa shape index (κ1) is 15.8. The molecule has 1 aromatic rings. The normalized spacial score (nSPS) is 22.4. The highest BCUT2D eigenvalue weighted by molar-refractivity contribution is 7.71. The Hall–Kier alpha value is -1.62. The zero-order valence-electron chi connectivity index (χ0n) is 12.3. The van der Waals surface area contributed by atoms with E-state index in [2.05, 4.69) is 0 Å². The van der Waals surface area contributed by atoms with Crippen molar-refractivity contribution in [3.8, 4) is 0 Å². The molecule has 0 spiro atoms. The molecule has 5 heteroatoms. The average Bonchev–Trinajstić information content (AvgIpc) is 2.41. The average molecular weight is 305 g/mol. The summed E-state index contributed by atoms with van der Waals surface area (Å²) in [6, 6.07) is 3.72. The molecule has 0 radical (unpaired) electrons. The first-order valence-electron chi connectivity index (χ1n) is 7.19. The van der Waals surface area contributed by atoms with Gasteiger partial charge in [-0.3, -0.25) is 14.4 Å². The Morgan fingerprint density at radius 2 is 1.95 bits per heavy atom. The smallest absolute Gasteiger partial charge is 0.151 e. The lowest BCUT2D eigenvalue weighted by molar-refractivity contribution is -0.142. The molecule has 21 heavy (non-hydrogen) atoms. The van der Waals surface area contributed by atoms with Gasteiger partial charge in [-0.2, -0.15) is 0 Å². The molecule has 0 unspecified atom stereocenters. The number of Topliss-reactive ketones (excluding diaryl/α,β-unsaturated/α-hetero) is 3. The van der Waals surface area contributed by atoms with Crippen LogP contribution in [0.3, 0.4) is 0 Å². The Morgan fingerprint density at radius 3 is 2.52 bits per heavy atom. The maximum atomic E-state index is 12.2. The van der Waals surface area contributed by atoms with Crippen LogP contribution in [0.5, 0.6) is 0 Å². The third-order valence-electron chi connectivity index (χ3n) is 3.95. The molecule has 0 aromatic carbocycles. The molecule has 1 saturated carbocycles. The number of rotatable bonds is 4. The van der Waals surface area contributed by atoms with Crippen LogP contribution < -0.4 is 0 Å². The van der Waals surface area contributed by atoms with E-state index in [1.165, 1.54) is 0 Å². The van der Waals surface area contributed by atoms with Crippen molar-refractivity contribution in [1.29, 1.82) is 0 Å². The summed E-state index contributed by atoms with van der Waals surface area (Å²) in [7, 11) is 1.84. The fourth-order valence-corrected chi connectivity index (χ4v) is 3.17. The Morgan fingerprint density at radius 1 is 1.33 bits per heavy atom. The van der Waals surface area contributed by atoms with Crippen LogP contribution >= 0.6 is 12.2 Å². The van der Waals surface area contributed by atoms with E-state index in [9.17, 15) is 14.4 Å². The maximum Gasteiger partial charge on any atom is 0.151 e. The van der Waals surface area contributed by atoms with Crippen molar-refractivity contribution in [3.05, 3.63) is 28.5 Å². The largest absolute Gasteiger partial charge is 0.342 e. The van der Waals surface area contributed by atoms with E-state index in [1.54, 1.807) is 4.57 Å². The highest BCUT2D eigenvalue weighted by Crippen LogP contribution is 2.33. The summed E-state index contributed by atoms with van der Waals surface area (Å²) in [4.78, 5) is 36.4. The van der Waals surface area contributed by atoms with E-state index in [4.69, 9.17) is 12.2 Å². The summed E-state index contributed by atoms with van der Waals surface area (Å²) in [5, 5.41) is 0. The molecule has 1 aliphatic carbocycles. The first-order valence-corrected chi connectivity index (χ1v) is 7.60. The number of carbonyl (C=O) groups is 3. The van der Waals surface area contributed by atoms with Crippen LogP contribution in [0.1, 0.15) is 44.1 Å². The van der Waals surface area contributed by atoms with Gasteiger partial charge in [-0.1, -0.05) is 25.2 Å². The van der Waals surface area contributed by atoms with Gasteiger partial charge in [-0.25, -0.2) is 0 Å². The minimum atomic E-state index is -1.03. The summed E-state index contributed by atoms with van der Waals surface area (Å²) in [6.45, 7) is 1.87. The zero-order valence-corrected chi connectivity index (χ0v) is 13.1. The molecule has 2 rings (SSSR count). The van der Waals surface area contributed by atoms with Gasteiger partial charge >= 0.3 is 0 Å². The Kier molecular flexibility index (Phi) is 4.83. The van der Waals surface area contributed by atoms with Gasteiger partial charge in [-0.15, -0.1) is 0 Å².